The predicted octanol–water partition coefficient (Wildman–Crippen LogP) is 3.30. The van der Waals surface area contributed by atoms with Crippen LogP contribution >= 0.6 is 0 Å². The van der Waals surface area contributed by atoms with E-state index in [1.54, 1.807) is 13.2 Å². The van der Waals surface area contributed by atoms with Crippen molar-refractivity contribution in [2.75, 3.05) is 19.2 Å². The Morgan fingerprint density at radius 1 is 1.14 bits per heavy atom. The molecule has 1 amide bonds. The van der Waals surface area contributed by atoms with E-state index < -0.39 is 0 Å². The summed E-state index contributed by atoms with van der Waals surface area (Å²) in [5.41, 5.74) is 1.44. The summed E-state index contributed by atoms with van der Waals surface area (Å²) in [6.45, 7) is 0.172. The van der Waals surface area contributed by atoms with E-state index in [0.717, 1.165) is 33.0 Å². The molecule has 3 aromatic carbocycles. The van der Waals surface area contributed by atoms with Crippen LogP contribution in [0.15, 0.2) is 30.3 Å². The van der Waals surface area contributed by atoms with Crippen LogP contribution in [0.5, 0.6) is 17.2 Å². The Balaban J connectivity index is 2.05. The largest absolute Gasteiger partial charge is 0.497 e. The topological polar surface area (TPSA) is 56.8 Å². The monoisotopic (exact) mass is 293 g/mol. The summed E-state index contributed by atoms with van der Waals surface area (Å²) >= 11 is 0. The van der Waals surface area contributed by atoms with Crippen LogP contribution in [0.4, 0.5) is 5.69 Å². The van der Waals surface area contributed by atoms with Crippen LogP contribution in [0.3, 0.4) is 0 Å². The molecular weight excluding hydrogens is 282 g/mol. The average molecular weight is 293 g/mol. The maximum absolute atomic E-state index is 12.2. The minimum Gasteiger partial charge on any atom is -0.497 e. The molecule has 1 N–H and O–H groups in total. The fourth-order valence-electron chi connectivity index (χ4n) is 3.28. The lowest BCUT2D eigenvalue weighted by Crippen LogP contribution is -2.04. The Morgan fingerprint density at radius 2 is 2.05 bits per heavy atom. The van der Waals surface area contributed by atoms with Crippen molar-refractivity contribution >= 4 is 33.1 Å². The number of amides is 1. The van der Waals surface area contributed by atoms with Crippen molar-refractivity contribution in [1.82, 2.24) is 0 Å². The van der Waals surface area contributed by atoms with Gasteiger partial charge in [-0.25, -0.2) is 0 Å². The number of fused-ring (bicyclic) bond motifs is 4. The van der Waals surface area contributed by atoms with Gasteiger partial charge in [0, 0.05) is 10.8 Å². The van der Waals surface area contributed by atoms with E-state index in [0.29, 0.717) is 17.1 Å². The Hall–Kier alpha value is -2.95. The van der Waals surface area contributed by atoms with E-state index in [1.165, 1.54) is 0 Å². The molecule has 5 nitrogen and oxygen atoms in total. The highest BCUT2D eigenvalue weighted by Crippen LogP contribution is 2.49. The van der Waals surface area contributed by atoms with Gasteiger partial charge in [-0.1, -0.05) is 6.07 Å². The van der Waals surface area contributed by atoms with E-state index >= 15 is 0 Å². The van der Waals surface area contributed by atoms with Crippen molar-refractivity contribution < 1.29 is 19.0 Å². The van der Waals surface area contributed by atoms with E-state index in [1.807, 2.05) is 24.3 Å². The Morgan fingerprint density at radius 3 is 2.91 bits per heavy atom. The second-order valence-electron chi connectivity index (χ2n) is 5.37. The molecular formula is C17H11NO4. The summed E-state index contributed by atoms with van der Waals surface area (Å²) in [4.78, 5) is 12.2. The third-order valence-electron chi connectivity index (χ3n) is 4.26. The maximum Gasteiger partial charge on any atom is 0.256 e. The highest BCUT2D eigenvalue weighted by molar-refractivity contribution is 6.30. The summed E-state index contributed by atoms with van der Waals surface area (Å²) < 4.78 is 16.5. The van der Waals surface area contributed by atoms with Crippen molar-refractivity contribution in [2.45, 2.75) is 0 Å². The number of ether oxygens (including phenoxy) is 3. The quantitative estimate of drug-likeness (QED) is 0.699. The number of anilines is 1. The number of rotatable bonds is 1. The molecule has 2 aliphatic rings. The molecule has 5 heteroatoms. The van der Waals surface area contributed by atoms with Crippen molar-refractivity contribution in [3.63, 3.8) is 0 Å². The number of methoxy groups -OCH3 is 1. The van der Waals surface area contributed by atoms with Gasteiger partial charge in [0.2, 0.25) is 6.79 Å². The number of carbonyl (C=O) groups is 1. The minimum absolute atomic E-state index is 0.111. The molecule has 0 aliphatic carbocycles. The molecule has 5 rings (SSSR count). The van der Waals surface area contributed by atoms with Crippen LogP contribution in [-0.4, -0.2) is 19.8 Å². The molecule has 0 radical (unpaired) electrons. The highest BCUT2D eigenvalue weighted by atomic mass is 16.7. The fraction of sp³-hybridized carbons (Fsp3) is 0.118. The Bertz CT molecular complexity index is 993. The lowest BCUT2D eigenvalue weighted by molar-refractivity contribution is 0.103. The van der Waals surface area contributed by atoms with Gasteiger partial charge in [-0.05, 0) is 35.0 Å². The molecule has 3 aromatic rings. The number of benzene rings is 3. The first-order valence-electron chi connectivity index (χ1n) is 6.94. The number of hydrogen-bond donors (Lipinski definition) is 1. The van der Waals surface area contributed by atoms with Gasteiger partial charge in [0.25, 0.3) is 5.91 Å². The van der Waals surface area contributed by atoms with Crippen LogP contribution in [0.25, 0.3) is 21.5 Å². The first kappa shape index (κ1) is 11.7. The molecule has 2 heterocycles. The SMILES string of the molecule is COc1ccc2cc3c4c(cc5c(c4c2c1)OCO5)C(=O)N3. The summed E-state index contributed by atoms with van der Waals surface area (Å²) in [7, 11) is 1.64. The van der Waals surface area contributed by atoms with Gasteiger partial charge >= 0.3 is 0 Å². The zero-order chi connectivity index (χ0) is 14.8. The van der Waals surface area contributed by atoms with Crippen LogP contribution in [0.1, 0.15) is 10.4 Å². The number of hydrogen-bond acceptors (Lipinski definition) is 4. The van der Waals surface area contributed by atoms with Gasteiger partial charge in [0.15, 0.2) is 11.5 Å². The fourth-order valence-corrected chi connectivity index (χ4v) is 3.28. The minimum atomic E-state index is -0.111. The van der Waals surface area contributed by atoms with Crippen molar-refractivity contribution in [3.05, 3.63) is 35.9 Å². The van der Waals surface area contributed by atoms with Gasteiger partial charge in [-0.3, -0.25) is 4.79 Å². The summed E-state index contributed by atoms with van der Waals surface area (Å²) in [6, 6.07) is 9.57. The summed E-state index contributed by atoms with van der Waals surface area (Å²) in [5.74, 6) is 1.95. The number of nitrogens with one attached hydrogen (secondary N) is 1. The molecule has 0 unspecified atom stereocenters. The molecule has 0 aromatic heterocycles. The molecule has 22 heavy (non-hydrogen) atoms. The third kappa shape index (κ3) is 1.30. The average Bonchev–Trinajstić information content (AvgIpc) is 3.12. The molecule has 0 fully saturated rings. The van der Waals surface area contributed by atoms with Gasteiger partial charge < -0.3 is 19.5 Å². The van der Waals surface area contributed by atoms with E-state index in [2.05, 4.69) is 5.32 Å². The predicted molar refractivity (Wildman–Crippen MR) is 82.1 cm³/mol. The molecule has 0 spiro atoms. The molecule has 2 aliphatic heterocycles. The van der Waals surface area contributed by atoms with E-state index in [9.17, 15) is 4.79 Å². The molecule has 108 valence electrons. The Kier molecular flexibility index (Phi) is 2.03. The van der Waals surface area contributed by atoms with Crippen LogP contribution in [0, 0.1) is 0 Å². The Labute approximate surface area is 125 Å². The zero-order valence-electron chi connectivity index (χ0n) is 11.7. The first-order chi connectivity index (χ1) is 10.8. The zero-order valence-corrected chi connectivity index (χ0v) is 11.7. The second kappa shape index (κ2) is 3.82. The van der Waals surface area contributed by atoms with E-state index in [-0.39, 0.29) is 12.7 Å². The molecule has 0 bridgehead atoms. The van der Waals surface area contributed by atoms with Crippen molar-refractivity contribution in [2.24, 2.45) is 0 Å². The number of carbonyl (C=O) groups excluding carboxylic acids is 1. The van der Waals surface area contributed by atoms with Crippen molar-refractivity contribution in [3.8, 4) is 17.2 Å². The molecule has 0 saturated heterocycles. The van der Waals surface area contributed by atoms with Crippen molar-refractivity contribution in [1.29, 1.82) is 0 Å². The van der Waals surface area contributed by atoms with E-state index in [4.69, 9.17) is 14.2 Å². The smallest absolute Gasteiger partial charge is 0.256 e. The normalized spacial score (nSPS) is 14.7. The van der Waals surface area contributed by atoms with Gasteiger partial charge in [-0.15, -0.1) is 0 Å². The first-order valence-corrected chi connectivity index (χ1v) is 6.94. The summed E-state index contributed by atoms with van der Waals surface area (Å²) in [6.07, 6.45) is 0. The third-order valence-corrected chi connectivity index (χ3v) is 4.26. The van der Waals surface area contributed by atoms with Gasteiger partial charge in [0.05, 0.1) is 18.4 Å². The van der Waals surface area contributed by atoms with Crippen LogP contribution in [0.2, 0.25) is 0 Å². The second-order valence-corrected chi connectivity index (χ2v) is 5.37. The van der Waals surface area contributed by atoms with Gasteiger partial charge in [-0.2, -0.15) is 0 Å². The standard InChI is InChI=1S/C17H11NO4/c1-20-9-3-2-8-4-12-14-11(17(19)18-12)6-13-16(22-7-21-13)15(14)10(8)5-9/h2-6H,7H2,1H3,(H,18,19). The lowest BCUT2D eigenvalue weighted by atomic mass is 9.97. The van der Waals surface area contributed by atoms with Crippen LogP contribution in [-0.2, 0) is 0 Å². The van der Waals surface area contributed by atoms with Crippen LogP contribution < -0.4 is 19.5 Å². The summed E-state index contributed by atoms with van der Waals surface area (Å²) in [5, 5.41) is 6.69. The lowest BCUT2D eigenvalue weighted by Gasteiger charge is -2.10. The highest BCUT2D eigenvalue weighted by Gasteiger charge is 2.30. The molecule has 0 atom stereocenters. The maximum atomic E-state index is 12.2. The van der Waals surface area contributed by atoms with Gasteiger partial charge in [0.1, 0.15) is 5.75 Å². The molecule has 0 saturated carbocycles.